The average molecular weight is 384 g/mol. The van der Waals surface area contributed by atoms with Crippen molar-refractivity contribution in [2.45, 2.75) is 0 Å². The van der Waals surface area contributed by atoms with Crippen LogP contribution in [-0.2, 0) is 4.74 Å². The number of hydrogen-bond donors (Lipinski definition) is 2. The van der Waals surface area contributed by atoms with Gasteiger partial charge in [-0.3, -0.25) is 9.59 Å². The van der Waals surface area contributed by atoms with Crippen molar-refractivity contribution in [1.82, 2.24) is 10.3 Å². The van der Waals surface area contributed by atoms with Gasteiger partial charge in [0.25, 0.3) is 11.8 Å². The highest BCUT2D eigenvalue weighted by Crippen LogP contribution is 2.22. The van der Waals surface area contributed by atoms with Gasteiger partial charge in [-0.2, -0.15) is 0 Å². The van der Waals surface area contributed by atoms with Gasteiger partial charge in [-0.15, -0.1) is 0 Å². The van der Waals surface area contributed by atoms with Crippen molar-refractivity contribution in [2.24, 2.45) is 0 Å². The number of halogens is 1. The molecule has 0 saturated heterocycles. The standard InChI is InChI=1S/C20H18ClN3O3/c1-27-11-10-22-19(25)15-8-7-14(12-16(15)21)23-20(26)18-9-6-13-4-2-3-5-17(13)24-18/h2-9,12H,10-11H2,1H3,(H,22,25)(H,23,26). The first-order chi connectivity index (χ1) is 13.1. The molecule has 1 aromatic heterocycles. The highest BCUT2D eigenvalue weighted by atomic mass is 35.5. The third-order valence-electron chi connectivity index (χ3n) is 3.89. The number of pyridine rings is 1. The fraction of sp³-hybridized carbons (Fsp3) is 0.150. The van der Waals surface area contributed by atoms with Crippen LogP contribution in [0.25, 0.3) is 10.9 Å². The first kappa shape index (κ1) is 18.8. The lowest BCUT2D eigenvalue weighted by Gasteiger charge is -2.09. The Morgan fingerprint density at radius 1 is 1.07 bits per heavy atom. The zero-order valence-corrected chi connectivity index (χ0v) is 15.4. The van der Waals surface area contributed by atoms with Gasteiger partial charge in [0.1, 0.15) is 5.69 Å². The molecule has 0 unspecified atom stereocenters. The number of para-hydroxylation sites is 1. The van der Waals surface area contributed by atoms with Gasteiger partial charge in [-0.1, -0.05) is 35.9 Å². The van der Waals surface area contributed by atoms with Crippen LogP contribution in [0, 0.1) is 0 Å². The van der Waals surface area contributed by atoms with Crippen LogP contribution in [0.3, 0.4) is 0 Å². The Morgan fingerprint density at radius 3 is 2.67 bits per heavy atom. The molecule has 1 heterocycles. The van der Waals surface area contributed by atoms with Crippen LogP contribution in [0.15, 0.2) is 54.6 Å². The average Bonchev–Trinajstić information content (AvgIpc) is 2.67. The molecule has 2 aromatic carbocycles. The minimum Gasteiger partial charge on any atom is -0.383 e. The number of amides is 2. The highest BCUT2D eigenvalue weighted by Gasteiger charge is 2.13. The molecule has 0 bridgehead atoms. The van der Waals surface area contributed by atoms with E-state index in [2.05, 4.69) is 15.6 Å². The predicted octanol–water partition coefficient (Wildman–Crippen LogP) is 3.52. The van der Waals surface area contributed by atoms with E-state index in [1.54, 1.807) is 25.3 Å². The summed E-state index contributed by atoms with van der Waals surface area (Å²) in [7, 11) is 1.56. The maximum Gasteiger partial charge on any atom is 0.274 e. The number of ether oxygens (including phenoxy) is 1. The number of nitrogens with zero attached hydrogens (tertiary/aromatic N) is 1. The number of methoxy groups -OCH3 is 1. The molecular weight excluding hydrogens is 366 g/mol. The number of aromatic nitrogens is 1. The summed E-state index contributed by atoms with van der Waals surface area (Å²) in [6, 6.07) is 15.8. The Hall–Kier alpha value is -2.96. The molecule has 0 aliphatic rings. The number of carbonyl (C=O) groups is 2. The van der Waals surface area contributed by atoms with Gasteiger partial charge in [0.2, 0.25) is 0 Å². The minimum absolute atomic E-state index is 0.245. The second-order valence-electron chi connectivity index (χ2n) is 5.79. The van der Waals surface area contributed by atoms with Crippen molar-refractivity contribution in [2.75, 3.05) is 25.6 Å². The Labute approximate surface area is 161 Å². The Morgan fingerprint density at radius 2 is 1.89 bits per heavy atom. The summed E-state index contributed by atoms with van der Waals surface area (Å²) in [4.78, 5) is 28.9. The SMILES string of the molecule is COCCNC(=O)c1ccc(NC(=O)c2ccc3ccccc3n2)cc1Cl. The number of anilines is 1. The van der Waals surface area contributed by atoms with Gasteiger partial charge in [-0.05, 0) is 30.3 Å². The Bertz CT molecular complexity index is 991. The van der Waals surface area contributed by atoms with E-state index in [0.29, 0.717) is 30.1 Å². The summed E-state index contributed by atoms with van der Waals surface area (Å²) in [6.45, 7) is 0.800. The number of fused-ring (bicyclic) bond motifs is 1. The summed E-state index contributed by atoms with van der Waals surface area (Å²) in [5.74, 6) is -0.653. The zero-order chi connectivity index (χ0) is 19.2. The molecule has 0 saturated carbocycles. The first-order valence-corrected chi connectivity index (χ1v) is 8.70. The fourth-order valence-electron chi connectivity index (χ4n) is 2.53. The van der Waals surface area contributed by atoms with Gasteiger partial charge in [0.05, 0.1) is 22.7 Å². The summed E-state index contributed by atoms with van der Waals surface area (Å²) < 4.78 is 4.89. The van der Waals surface area contributed by atoms with E-state index in [1.807, 2.05) is 30.3 Å². The highest BCUT2D eigenvalue weighted by molar-refractivity contribution is 6.34. The maximum atomic E-state index is 12.5. The minimum atomic E-state index is -0.353. The summed E-state index contributed by atoms with van der Waals surface area (Å²) in [5.41, 5.74) is 1.85. The van der Waals surface area contributed by atoms with E-state index in [-0.39, 0.29) is 16.8 Å². The number of carbonyl (C=O) groups excluding carboxylic acids is 2. The zero-order valence-electron chi connectivity index (χ0n) is 14.7. The molecule has 27 heavy (non-hydrogen) atoms. The van der Waals surface area contributed by atoms with Gasteiger partial charge < -0.3 is 15.4 Å². The van der Waals surface area contributed by atoms with Crippen LogP contribution >= 0.6 is 11.6 Å². The molecule has 0 atom stereocenters. The molecule has 3 aromatic rings. The smallest absolute Gasteiger partial charge is 0.274 e. The monoisotopic (exact) mass is 383 g/mol. The first-order valence-electron chi connectivity index (χ1n) is 8.32. The summed E-state index contributed by atoms with van der Waals surface area (Å²) >= 11 is 6.19. The van der Waals surface area contributed by atoms with E-state index >= 15 is 0 Å². The second kappa shape index (κ2) is 8.62. The van der Waals surface area contributed by atoms with Crippen molar-refractivity contribution in [1.29, 1.82) is 0 Å². The molecule has 0 radical (unpaired) electrons. The van der Waals surface area contributed by atoms with E-state index in [9.17, 15) is 9.59 Å². The second-order valence-corrected chi connectivity index (χ2v) is 6.19. The third kappa shape index (κ3) is 4.61. The van der Waals surface area contributed by atoms with Crippen LogP contribution in [0.2, 0.25) is 5.02 Å². The third-order valence-corrected chi connectivity index (χ3v) is 4.21. The predicted molar refractivity (Wildman–Crippen MR) is 105 cm³/mol. The Kier molecular flexibility index (Phi) is 6.01. The molecular formula is C20H18ClN3O3. The molecule has 0 aliphatic heterocycles. The van der Waals surface area contributed by atoms with Crippen molar-refractivity contribution in [3.63, 3.8) is 0 Å². The molecule has 3 rings (SSSR count). The fourth-order valence-corrected chi connectivity index (χ4v) is 2.79. The van der Waals surface area contributed by atoms with Crippen molar-refractivity contribution in [3.8, 4) is 0 Å². The lowest BCUT2D eigenvalue weighted by atomic mass is 10.1. The van der Waals surface area contributed by atoms with Crippen molar-refractivity contribution < 1.29 is 14.3 Å². The molecule has 2 amide bonds. The van der Waals surface area contributed by atoms with Crippen molar-refractivity contribution in [3.05, 3.63) is 70.9 Å². The topological polar surface area (TPSA) is 80.3 Å². The molecule has 0 aliphatic carbocycles. The Balaban J connectivity index is 1.72. The van der Waals surface area contributed by atoms with Crippen molar-refractivity contribution >= 4 is 40.0 Å². The van der Waals surface area contributed by atoms with Crippen LogP contribution in [0.5, 0.6) is 0 Å². The van der Waals surface area contributed by atoms with Crippen LogP contribution in [0.4, 0.5) is 5.69 Å². The molecule has 138 valence electrons. The normalized spacial score (nSPS) is 10.6. The van der Waals surface area contributed by atoms with E-state index in [4.69, 9.17) is 16.3 Å². The lowest BCUT2D eigenvalue weighted by molar-refractivity contribution is 0.0936. The van der Waals surface area contributed by atoms with E-state index in [1.165, 1.54) is 6.07 Å². The van der Waals surface area contributed by atoms with Gasteiger partial charge in [-0.25, -0.2) is 4.98 Å². The number of hydrogen-bond acceptors (Lipinski definition) is 4. The summed E-state index contributed by atoms with van der Waals surface area (Å²) in [5, 5.41) is 6.65. The van der Waals surface area contributed by atoms with Gasteiger partial charge in [0, 0.05) is 24.7 Å². The van der Waals surface area contributed by atoms with Crippen LogP contribution < -0.4 is 10.6 Å². The largest absolute Gasteiger partial charge is 0.383 e. The quantitative estimate of drug-likeness (QED) is 0.638. The van der Waals surface area contributed by atoms with Gasteiger partial charge in [0.15, 0.2) is 0 Å². The van der Waals surface area contributed by atoms with E-state index < -0.39 is 0 Å². The van der Waals surface area contributed by atoms with Crippen LogP contribution in [0.1, 0.15) is 20.8 Å². The number of rotatable bonds is 6. The molecule has 7 heteroatoms. The molecule has 0 spiro atoms. The number of benzene rings is 2. The maximum absolute atomic E-state index is 12.5. The molecule has 6 nitrogen and oxygen atoms in total. The summed E-state index contributed by atoms with van der Waals surface area (Å²) in [6.07, 6.45) is 0. The molecule has 0 fully saturated rings. The van der Waals surface area contributed by atoms with E-state index in [0.717, 1.165) is 10.9 Å². The molecule has 2 N–H and O–H groups in total. The van der Waals surface area contributed by atoms with Crippen LogP contribution in [-0.4, -0.2) is 37.1 Å². The van der Waals surface area contributed by atoms with Gasteiger partial charge >= 0.3 is 0 Å². The lowest BCUT2D eigenvalue weighted by Crippen LogP contribution is -2.27. The number of nitrogens with one attached hydrogen (secondary N) is 2.